The van der Waals surface area contributed by atoms with Gasteiger partial charge in [-0.1, -0.05) is 34.1 Å². The molecule has 0 N–H and O–H groups in total. The summed E-state index contributed by atoms with van der Waals surface area (Å²) in [6, 6.07) is 21.1. The van der Waals surface area contributed by atoms with Crippen molar-refractivity contribution >= 4 is 21.8 Å². The molecule has 0 fully saturated rings. The summed E-state index contributed by atoms with van der Waals surface area (Å²) < 4.78 is 18.3. The minimum Gasteiger partial charge on any atom is -0.494 e. The molecule has 1 atom stereocenters. The molecule has 33 heavy (non-hydrogen) atoms. The van der Waals surface area contributed by atoms with Gasteiger partial charge in [0.15, 0.2) is 0 Å². The zero-order valence-corrected chi connectivity index (χ0v) is 20.7. The third-order valence-electron chi connectivity index (χ3n) is 5.46. The van der Waals surface area contributed by atoms with E-state index < -0.39 is 0 Å². The van der Waals surface area contributed by atoms with Crippen LogP contribution in [0.15, 0.2) is 71.2 Å². The van der Waals surface area contributed by atoms with E-state index in [0.717, 1.165) is 38.4 Å². The van der Waals surface area contributed by atoms with Crippen LogP contribution in [0.5, 0.6) is 17.2 Å². The standard InChI is InChI=1S/C27H28BrNO4/c1-4-31-22-11-13-23(14-12-22)32-17-26(19-6-9-24(10-7-19)33-18(2)3)29-16-20-5-8-21(28)15-25(20)27(29)30/h5-15,18,26H,4,16-17H2,1-3H3. The molecule has 0 saturated carbocycles. The molecule has 0 radical (unpaired) electrons. The first-order valence-corrected chi connectivity index (χ1v) is 12.0. The molecule has 172 valence electrons. The van der Waals surface area contributed by atoms with Gasteiger partial charge in [0.05, 0.1) is 18.8 Å². The van der Waals surface area contributed by atoms with Gasteiger partial charge in [-0.2, -0.15) is 0 Å². The Hall–Kier alpha value is -2.99. The second-order valence-corrected chi connectivity index (χ2v) is 9.12. The summed E-state index contributed by atoms with van der Waals surface area (Å²) in [7, 11) is 0. The summed E-state index contributed by atoms with van der Waals surface area (Å²) in [4.78, 5) is 15.2. The Bertz CT molecular complexity index is 1100. The largest absolute Gasteiger partial charge is 0.494 e. The van der Waals surface area contributed by atoms with Crippen LogP contribution in [0.2, 0.25) is 0 Å². The summed E-state index contributed by atoms with van der Waals surface area (Å²) in [5.74, 6) is 2.35. The summed E-state index contributed by atoms with van der Waals surface area (Å²) in [6.45, 7) is 7.45. The highest BCUT2D eigenvalue weighted by molar-refractivity contribution is 9.10. The van der Waals surface area contributed by atoms with E-state index in [4.69, 9.17) is 14.2 Å². The van der Waals surface area contributed by atoms with E-state index in [9.17, 15) is 4.79 Å². The molecule has 1 unspecified atom stereocenters. The summed E-state index contributed by atoms with van der Waals surface area (Å²) in [6.07, 6.45) is 0.0998. The van der Waals surface area contributed by atoms with E-state index in [2.05, 4.69) is 15.9 Å². The van der Waals surface area contributed by atoms with E-state index in [0.29, 0.717) is 19.8 Å². The number of carbonyl (C=O) groups excluding carboxylic acids is 1. The highest BCUT2D eigenvalue weighted by Gasteiger charge is 2.34. The summed E-state index contributed by atoms with van der Waals surface area (Å²) >= 11 is 3.48. The number of ether oxygens (including phenoxy) is 3. The molecule has 1 heterocycles. The van der Waals surface area contributed by atoms with Gasteiger partial charge in [0, 0.05) is 16.6 Å². The fourth-order valence-electron chi connectivity index (χ4n) is 3.93. The molecule has 0 spiro atoms. The molecule has 5 nitrogen and oxygen atoms in total. The van der Waals surface area contributed by atoms with Crippen molar-refractivity contribution in [1.82, 2.24) is 4.90 Å². The smallest absolute Gasteiger partial charge is 0.255 e. The second kappa shape index (κ2) is 10.3. The Morgan fingerprint density at radius 2 is 1.55 bits per heavy atom. The molecule has 3 aromatic rings. The van der Waals surface area contributed by atoms with Crippen molar-refractivity contribution in [3.8, 4) is 17.2 Å². The number of fused-ring (bicyclic) bond motifs is 1. The number of hydrogen-bond donors (Lipinski definition) is 0. The third kappa shape index (κ3) is 5.50. The Morgan fingerprint density at radius 1 is 0.909 bits per heavy atom. The van der Waals surface area contributed by atoms with E-state index in [1.165, 1.54) is 0 Å². The van der Waals surface area contributed by atoms with Crippen molar-refractivity contribution in [3.05, 3.63) is 87.9 Å². The molecule has 0 aliphatic carbocycles. The molecule has 0 bridgehead atoms. The maximum absolute atomic E-state index is 13.3. The Morgan fingerprint density at radius 3 is 2.18 bits per heavy atom. The number of benzene rings is 3. The lowest BCUT2D eigenvalue weighted by Gasteiger charge is -2.28. The lowest BCUT2D eigenvalue weighted by Crippen LogP contribution is -2.33. The van der Waals surface area contributed by atoms with Crippen LogP contribution in [0, 0.1) is 0 Å². The minimum atomic E-state index is -0.247. The SMILES string of the molecule is CCOc1ccc(OCC(c2ccc(OC(C)C)cc2)N2Cc3ccc(Br)cc3C2=O)cc1. The van der Waals surface area contributed by atoms with Crippen LogP contribution in [0.4, 0.5) is 0 Å². The van der Waals surface area contributed by atoms with Gasteiger partial charge in [0.25, 0.3) is 5.91 Å². The van der Waals surface area contributed by atoms with Crippen molar-refractivity contribution in [1.29, 1.82) is 0 Å². The average molecular weight is 510 g/mol. The fourth-order valence-corrected chi connectivity index (χ4v) is 4.29. The first-order valence-electron chi connectivity index (χ1n) is 11.2. The molecule has 3 aromatic carbocycles. The Labute approximate surface area is 203 Å². The van der Waals surface area contributed by atoms with Crippen molar-refractivity contribution in [2.45, 2.75) is 39.5 Å². The van der Waals surface area contributed by atoms with Crippen LogP contribution in [0.1, 0.15) is 48.3 Å². The van der Waals surface area contributed by atoms with Crippen molar-refractivity contribution in [2.75, 3.05) is 13.2 Å². The van der Waals surface area contributed by atoms with Gasteiger partial charge >= 0.3 is 0 Å². The zero-order valence-electron chi connectivity index (χ0n) is 19.1. The first-order chi connectivity index (χ1) is 15.9. The maximum atomic E-state index is 13.3. The van der Waals surface area contributed by atoms with Crippen LogP contribution >= 0.6 is 15.9 Å². The number of carbonyl (C=O) groups is 1. The lowest BCUT2D eigenvalue weighted by atomic mass is 10.1. The van der Waals surface area contributed by atoms with Crippen molar-refractivity contribution < 1.29 is 19.0 Å². The van der Waals surface area contributed by atoms with Gasteiger partial charge in [-0.15, -0.1) is 0 Å². The van der Waals surface area contributed by atoms with Crippen LogP contribution in [0.3, 0.4) is 0 Å². The van der Waals surface area contributed by atoms with E-state index in [1.807, 2.05) is 92.4 Å². The molecular weight excluding hydrogens is 482 g/mol. The Kier molecular flexibility index (Phi) is 7.23. The molecule has 1 aliphatic rings. The third-order valence-corrected chi connectivity index (χ3v) is 5.95. The molecule has 6 heteroatoms. The monoisotopic (exact) mass is 509 g/mol. The number of nitrogens with zero attached hydrogens (tertiary/aromatic N) is 1. The molecule has 1 aliphatic heterocycles. The molecular formula is C27H28BrNO4. The summed E-state index contributed by atoms with van der Waals surface area (Å²) in [5, 5.41) is 0. The molecule has 1 amide bonds. The number of rotatable bonds is 9. The molecule has 0 aromatic heterocycles. The van der Waals surface area contributed by atoms with Gasteiger partial charge in [-0.3, -0.25) is 4.79 Å². The van der Waals surface area contributed by atoms with E-state index in [1.54, 1.807) is 0 Å². The van der Waals surface area contributed by atoms with Gasteiger partial charge < -0.3 is 19.1 Å². The van der Waals surface area contributed by atoms with Gasteiger partial charge in [0.1, 0.15) is 23.9 Å². The van der Waals surface area contributed by atoms with E-state index >= 15 is 0 Å². The van der Waals surface area contributed by atoms with Gasteiger partial charge in [-0.05, 0) is 80.4 Å². The van der Waals surface area contributed by atoms with Crippen LogP contribution < -0.4 is 14.2 Å². The number of amides is 1. The van der Waals surface area contributed by atoms with Crippen LogP contribution in [-0.2, 0) is 6.54 Å². The predicted octanol–water partition coefficient (Wildman–Crippen LogP) is 6.41. The maximum Gasteiger partial charge on any atom is 0.255 e. The van der Waals surface area contributed by atoms with E-state index in [-0.39, 0.29) is 18.1 Å². The highest BCUT2D eigenvalue weighted by Crippen LogP contribution is 2.34. The second-order valence-electron chi connectivity index (χ2n) is 8.20. The lowest BCUT2D eigenvalue weighted by molar-refractivity contribution is 0.0635. The van der Waals surface area contributed by atoms with Gasteiger partial charge in [0.2, 0.25) is 0 Å². The zero-order chi connectivity index (χ0) is 23.4. The van der Waals surface area contributed by atoms with Crippen molar-refractivity contribution in [3.63, 3.8) is 0 Å². The molecule has 0 saturated heterocycles. The number of hydrogen-bond acceptors (Lipinski definition) is 4. The average Bonchev–Trinajstić information content (AvgIpc) is 3.11. The minimum absolute atomic E-state index is 0.00843. The first kappa shape index (κ1) is 23.2. The van der Waals surface area contributed by atoms with Crippen LogP contribution in [-0.4, -0.2) is 30.1 Å². The Balaban J connectivity index is 1.57. The molecule has 4 rings (SSSR count). The van der Waals surface area contributed by atoms with Gasteiger partial charge in [-0.25, -0.2) is 0 Å². The summed E-state index contributed by atoms with van der Waals surface area (Å²) in [5.41, 5.74) is 2.75. The topological polar surface area (TPSA) is 48.0 Å². The highest BCUT2D eigenvalue weighted by atomic mass is 79.9. The van der Waals surface area contributed by atoms with Crippen LogP contribution in [0.25, 0.3) is 0 Å². The predicted molar refractivity (Wildman–Crippen MR) is 132 cm³/mol. The quantitative estimate of drug-likeness (QED) is 0.334. The normalized spacial score (nSPS) is 13.7. The van der Waals surface area contributed by atoms with Crippen molar-refractivity contribution in [2.24, 2.45) is 0 Å². The number of halogens is 1. The fraction of sp³-hybridized carbons (Fsp3) is 0.296.